The van der Waals surface area contributed by atoms with Crippen LogP contribution in [-0.4, -0.2) is 49.5 Å². The highest BCUT2D eigenvalue weighted by molar-refractivity contribution is 6.11. The van der Waals surface area contributed by atoms with Crippen LogP contribution >= 0.6 is 0 Å². The summed E-state index contributed by atoms with van der Waals surface area (Å²) >= 11 is 0. The van der Waals surface area contributed by atoms with E-state index >= 15 is 0 Å². The van der Waals surface area contributed by atoms with Crippen LogP contribution in [0.2, 0.25) is 0 Å². The van der Waals surface area contributed by atoms with Gasteiger partial charge in [0.1, 0.15) is 17.7 Å². The Kier molecular flexibility index (Phi) is 7.29. The lowest BCUT2D eigenvalue weighted by Crippen LogP contribution is -2.49. The Labute approximate surface area is 238 Å². The Hall–Kier alpha value is -4.85. The lowest BCUT2D eigenvalue weighted by Gasteiger charge is -2.36. The summed E-state index contributed by atoms with van der Waals surface area (Å²) in [5, 5.41) is 3.50. The van der Waals surface area contributed by atoms with Crippen molar-refractivity contribution in [3.63, 3.8) is 0 Å². The molecule has 1 fully saturated rings. The third-order valence-electron chi connectivity index (χ3n) is 7.56. The van der Waals surface area contributed by atoms with E-state index in [4.69, 9.17) is 4.74 Å². The molecule has 2 amide bonds. The quantitative estimate of drug-likeness (QED) is 0.308. The molecule has 2 heterocycles. The zero-order valence-corrected chi connectivity index (χ0v) is 22.8. The van der Waals surface area contributed by atoms with Crippen LogP contribution in [0.25, 0.3) is 0 Å². The molecule has 1 N–H and O–H groups in total. The van der Waals surface area contributed by atoms with Gasteiger partial charge in [-0.2, -0.15) is 0 Å². The molecule has 0 spiro atoms. The minimum atomic E-state index is -0.452. The second-order valence-corrected chi connectivity index (χ2v) is 10.0. The number of ether oxygens (including phenoxy) is 1. The third-order valence-corrected chi connectivity index (χ3v) is 7.56. The Balaban J connectivity index is 1.20. The van der Waals surface area contributed by atoms with Crippen LogP contribution in [0.3, 0.4) is 0 Å². The summed E-state index contributed by atoms with van der Waals surface area (Å²) in [4.78, 5) is 32.5. The maximum absolute atomic E-state index is 14.2. The molecule has 0 saturated carbocycles. The van der Waals surface area contributed by atoms with Crippen LogP contribution in [0.4, 0.5) is 21.5 Å². The normalized spacial score (nSPS) is 16.5. The molecule has 41 heavy (non-hydrogen) atoms. The monoisotopic (exact) mass is 550 g/mol. The van der Waals surface area contributed by atoms with E-state index in [1.54, 1.807) is 28.0 Å². The summed E-state index contributed by atoms with van der Waals surface area (Å²) in [6.45, 7) is 4.61. The topological polar surface area (TPSA) is 65.1 Å². The number of nitrogens with zero attached hydrogens (tertiary/aromatic N) is 3. The number of hydrogen-bond donors (Lipinski definition) is 1. The Morgan fingerprint density at radius 1 is 0.902 bits per heavy atom. The molecule has 6 rings (SSSR count). The fraction of sp³-hybridized carbons (Fsp3) is 0.212. The first-order valence-electron chi connectivity index (χ1n) is 13.8. The number of para-hydroxylation sites is 1. The number of rotatable bonds is 7. The average molecular weight is 551 g/mol. The summed E-state index contributed by atoms with van der Waals surface area (Å²) < 4.78 is 19.8. The number of halogens is 1. The third kappa shape index (κ3) is 5.20. The summed E-state index contributed by atoms with van der Waals surface area (Å²) in [6.07, 6.45) is -0.452. The molecule has 1 saturated heterocycles. The van der Waals surface area contributed by atoms with Crippen LogP contribution < -0.4 is 19.9 Å². The number of piperazine rings is 1. The molecule has 1 unspecified atom stereocenters. The van der Waals surface area contributed by atoms with Crippen LogP contribution in [0, 0.1) is 5.82 Å². The first kappa shape index (κ1) is 26.4. The van der Waals surface area contributed by atoms with Crippen LogP contribution in [0.1, 0.15) is 39.4 Å². The van der Waals surface area contributed by atoms with E-state index in [-0.39, 0.29) is 17.6 Å². The predicted octanol–water partition coefficient (Wildman–Crippen LogP) is 5.96. The molecule has 1 atom stereocenters. The Morgan fingerprint density at radius 3 is 2.39 bits per heavy atom. The van der Waals surface area contributed by atoms with Crippen LogP contribution in [-0.2, 0) is 0 Å². The summed E-state index contributed by atoms with van der Waals surface area (Å²) in [6, 6.07) is 29.1. The van der Waals surface area contributed by atoms with Gasteiger partial charge in [0.25, 0.3) is 11.8 Å². The number of hydrogen-bond acceptors (Lipinski definition) is 5. The highest BCUT2D eigenvalue weighted by Crippen LogP contribution is 2.38. The molecule has 0 radical (unpaired) electrons. The molecule has 0 bridgehead atoms. The fourth-order valence-electron chi connectivity index (χ4n) is 5.54. The van der Waals surface area contributed by atoms with Crippen molar-refractivity contribution in [3.8, 4) is 5.75 Å². The van der Waals surface area contributed by atoms with Crippen molar-refractivity contribution in [2.24, 2.45) is 0 Å². The van der Waals surface area contributed by atoms with Gasteiger partial charge in [-0.15, -0.1) is 0 Å². The highest BCUT2D eigenvalue weighted by Gasteiger charge is 2.37. The van der Waals surface area contributed by atoms with Gasteiger partial charge in [-0.25, -0.2) is 4.39 Å². The molecule has 4 aromatic rings. The SMILES string of the molecule is CCOc1ccc(N2C(=O)c3ccccc3C2Nc2cccc(C(=O)N3CCN(c4ccccc4F)CC3)c2)cc1. The predicted molar refractivity (Wildman–Crippen MR) is 158 cm³/mol. The van der Waals surface area contributed by atoms with Gasteiger partial charge in [0, 0.05) is 54.2 Å². The zero-order chi connectivity index (χ0) is 28.3. The highest BCUT2D eigenvalue weighted by atomic mass is 19.1. The maximum atomic E-state index is 14.2. The van der Waals surface area contributed by atoms with E-state index in [0.717, 1.165) is 22.7 Å². The van der Waals surface area contributed by atoms with Gasteiger partial charge >= 0.3 is 0 Å². The summed E-state index contributed by atoms with van der Waals surface area (Å²) in [5.74, 6) is 0.318. The fourth-order valence-corrected chi connectivity index (χ4v) is 5.54. The van der Waals surface area contributed by atoms with Crippen LogP contribution in [0.5, 0.6) is 5.75 Å². The van der Waals surface area contributed by atoms with E-state index < -0.39 is 6.17 Å². The van der Waals surface area contributed by atoms with E-state index in [1.165, 1.54) is 6.07 Å². The first-order valence-corrected chi connectivity index (χ1v) is 13.8. The van der Waals surface area contributed by atoms with Crippen LogP contribution in [0.15, 0.2) is 97.1 Å². The van der Waals surface area contributed by atoms with E-state index in [9.17, 15) is 14.0 Å². The lowest BCUT2D eigenvalue weighted by atomic mass is 10.1. The summed E-state index contributed by atoms with van der Waals surface area (Å²) in [5.41, 5.74) is 4.10. The first-order chi connectivity index (χ1) is 20.0. The number of carbonyl (C=O) groups excluding carboxylic acids is 2. The van der Waals surface area contributed by atoms with Crippen molar-refractivity contribution in [3.05, 3.63) is 120 Å². The molecular formula is C33H31FN4O3. The number of benzene rings is 4. The second-order valence-electron chi connectivity index (χ2n) is 10.0. The molecule has 7 nitrogen and oxygen atoms in total. The van der Waals surface area contributed by atoms with Gasteiger partial charge in [-0.05, 0) is 67.6 Å². The van der Waals surface area contributed by atoms with Gasteiger partial charge in [-0.3, -0.25) is 14.5 Å². The van der Waals surface area contributed by atoms with Crippen molar-refractivity contribution in [2.75, 3.05) is 47.9 Å². The van der Waals surface area contributed by atoms with Gasteiger partial charge in [0.2, 0.25) is 0 Å². The van der Waals surface area contributed by atoms with Gasteiger partial charge < -0.3 is 19.9 Å². The largest absolute Gasteiger partial charge is 0.494 e. The molecule has 0 aliphatic carbocycles. The Bertz CT molecular complexity index is 1570. The minimum absolute atomic E-state index is 0.0758. The molecule has 4 aromatic carbocycles. The molecule has 0 aromatic heterocycles. The van der Waals surface area contributed by atoms with E-state index in [2.05, 4.69) is 5.32 Å². The van der Waals surface area contributed by atoms with E-state index in [0.29, 0.717) is 49.6 Å². The smallest absolute Gasteiger partial charge is 0.260 e. The maximum Gasteiger partial charge on any atom is 0.260 e. The molecular weight excluding hydrogens is 519 g/mol. The molecule has 2 aliphatic rings. The zero-order valence-electron chi connectivity index (χ0n) is 22.8. The second kappa shape index (κ2) is 11.3. The Morgan fingerprint density at radius 2 is 1.63 bits per heavy atom. The van der Waals surface area contributed by atoms with Crippen molar-refractivity contribution < 1.29 is 18.7 Å². The van der Waals surface area contributed by atoms with Crippen molar-refractivity contribution in [1.82, 2.24) is 4.90 Å². The number of amides is 2. The van der Waals surface area contributed by atoms with Crippen molar-refractivity contribution >= 4 is 28.9 Å². The minimum Gasteiger partial charge on any atom is -0.494 e. The molecule has 208 valence electrons. The molecule has 2 aliphatic heterocycles. The lowest BCUT2D eigenvalue weighted by molar-refractivity contribution is 0.0746. The number of carbonyl (C=O) groups is 2. The number of fused-ring (bicyclic) bond motifs is 1. The van der Waals surface area contributed by atoms with Gasteiger partial charge in [-0.1, -0.05) is 36.4 Å². The number of anilines is 3. The molecule has 8 heteroatoms. The standard InChI is InChI=1S/C33H31FN4O3/c1-2-41-26-16-14-25(15-17-26)38-31(27-10-3-4-11-28(27)33(38)40)35-24-9-7-8-23(22-24)32(39)37-20-18-36(19-21-37)30-13-6-5-12-29(30)34/h3-17,22,31,35H,2,18-21H2,1H3. The average Bonchev–Trinajstić information content (AvgIpc) is 3.29. The van der Waals surface area contributed by atoms with E-state index in [1.807, 2.05) is 84.6 Å². The summed E-state index contributed by atoms with van der Waals surface area (Å²) in [7, 11) is 0. The van der Waals surface area contributed by atoms with Crippen molar-refractivity contribution in [1.29, 1.82) is 0 Å². The van der Waals surface area contributed by atoms with Crippen molar-refractivity contribution in [2.45, 2.75) is 13.1 Å². The van der Waals surface area contributed by atoms with Gasteiger partial charge in [0.05, 0.1) is 12.3 Å². The van der Waals surface area contributed by atoms with Gasteiger partial charge in [0.15, 0.2) is 0 Å². The number of nitrogens with one attached hydrogen (secondary N) is 1.